The maximum atomic E-state index is 12.6. The minimum absolute atomic E-state index is 0.343. The lowest BCUT2D eigenvalue weighted by atomic mass is 10.1. The molecule has 0 spiro atoms. The predicted molar refractivity (Wildman–Crippen MR) is 80.9 cm³/mol. The molecule has 4 heteroatoms. The van der Waals surface area contributed by atoms with Crippen molar-refractivity contribution in [1.29, 1.82) is 0 Å². The second kappa shape index (κ2) is 6.20. The van der Waals surface area contributed by atoms with E-state index in [4.69, 9.17) is 0 Å². The van der Waals surface area contributed by atoms with E-state index in [0.717, 1.165) is 11.1 Å². The molecular formula is C16H19NO2S. The molecule has 0 amide bonds. The van der Waals surface area contributed by atoms with Gasteiger partial charge in [0.2, 0.25) is 10.0 Å². The summed E-state index contributed by atoms with van der Waals surface area (Å²) in [4.78, 5) is 0.343. The van der Waals surface area contributed by atoms with Gasteiger partial charge in [0, 0.05) is 13.1 Å². The molecule has 2 aromatic rings. The van der Waals surface area contributed by atoms with Gasteiger partial charge in [-0.25, -0.2) is 8.42 Å². The van der Waals surface area contributed by atoms with E-state index in [2.05, 4.69) is 0 Å². The Hall–Kier alpha value is -1.65. The summed E-state index contributed by atoms with van der Waals surface area (Å²) in [5.41, 5.74) is 2.14. The van der Waals surface area contributed by atoms with Crippen LogP contribution in [0, 0.1) is 6.92 Å². The van der Waals surface area contributed by atoms with Crippen LogP contribution in [0.2, 0.25) is 0 Å². The molecule has 0 aromatic heterocycles. The third kappa shape index (κ3) is 3.08. The molecule has 0 radical (unpaired) electrons. The van der Waals surface area contributed by atoms with Gasteiger partial charge < -0.3 is 0 Å². The predicted octanol–water partition coefficient (Wildman–Crippen LogP) is 3.21. The number of benzene rings is 2. The summed E-state index contributed by atoms with van der Waals surface area (Å²) in [7, 11) is -3.43. The van der Waals surface area contributed by atoms with Crippen LogP contribution >= 0.6 is 0 Å². The summed E-state index contributed by atoms with van der Waals surface area (Å²) < 4.78 is 26.7. The van der Waals surface area contributed by atoms with Gasteiger partial charge in [0.05, 0.1) is 4.90 Å². The Morgan fingerprint density at radius 1 is 0.950 bits per heavy atom. The molecule has 20 heavy (non-hydrogen) atoms. The first-order valence-electron chi connectivity index (χ1n) is 6.65. The Labute approximate surface area is 120 Å². The molecule has 2 aromatic carbocycles. The van der Waals surface area contributed by atoms with E-state index in [1.165, 1.54) is 4.31 Å². The van der Waals surface area contributed by atoms with Crippen LogP contribution in [0.25, 0.3) is 0 Å². The van der Waals surface area contributed by atoms with Gasteiger partial charge in [-0.15, -0.1) is 0 Å². The lowest BCUT2D eigenvalue weighted by Crippen LogP contribution is -2.30. The highest BCUT2D eigenvalue weighted by Crippen LogP contribution is 2.19. The zero-order chi connectivity index (χ0) is 14.6. The Morgan fingerprint density at radius 3 is 2.15 bits per heavy atom. The molecule has 3 nitrogen and oxygen atoms in total. The van der Waals surface area contributed by atoms with Gasteiger partial charge in [-0.05, 0) is 30.2 Å². The van der Waals surface area contributed by atoms with Gasteiger partial charge in [-0.2, -0.15) is 4.31 Å². The Bertz CT molecular complexity index is 666. The van der Waals surface area contributed by atoms with Crippen LogP contribution in [-0.4, -0.2) is 19.3 Å². The zero-order valence-corrected chi connectivity index (χ0v) is 12.6. The standard InChI is InChI=1S/C16H19NO2S/c1-3-17(13-15-10-8-7-9-14(15)2)20(18,19)16-11-5-4-6-12-16/h4-12H,3,13H2,1-2H3. The van der Waals surface area contributed by atoms with E-state index < -0.39 is 10.0 Å². The Balaban J connectivity index is 2.32. The fourth-order valence-electron chi connectivity index (χ4n) is 2.09. The second-order valence-corrected chi connectivity index (χ2v) is 6.61. The molecule has 106 valence electrons. The van der Waals surface area contributed by atoms with Crippen molar-refractivity contribution in [3.63, 3.8) is 0 Å². The molecule has 0 aliphatic carbocycles. The van der Waals surface area contributed by atoms with E-state index in [0.29, 0.717) is 18.0 Å². The van der Waals surface area contributed by atoms with Crippen LogP contribution in [-0.2, 0) is 16.6 Å². The molecular weight excluding hydrogens is 270 g/mol. The first kappa shape index (κ1) is 14.8. The van der Waals surface area contributed by atoms with Crippen molar-refractivity contribution < 1.29 is 8.42 Å². The lowest BCUT2D eigenvalue weighted by Gasteiger charge is -2.21. The van der Waals surface area contributed by atoms with E-state index in [1.54, 1.807) is 24.3 Å². The molecule has 0 saturated heterocycles. The molecule has 0 saturated carbocycles. The van der Waals surface area contributed by atoms with E-state index >= 15 is 0 Å². The van der Waals surface area contributed by atoms with Gasteiger partial charge in [-0.3, -0.25) is 0 Å². The number of hydrogen-bond acceptors (Lipinski definition) is 2. The number of rotatable bonds is 5. The first-order valence-corrected chi connectivity index (χ1v) is 8.09. The van der Waals surface area contributed by atoms with Crippen LogP contribution in [0.1, 0.15) is 18.1 Å². The summed E-state index contributed by atoms with van der Waals surface area (Å²) >= 11 is 0. The van der Waals surface area contributed by atoms with Gasteiger partial charge >= 0.3 is 0 Å². The van der Waals surface area contributed by atoms with Crippen molar-refractivity contribution in [1.82, 2.24) is 4.31 Å². The third-order valence-electron chi connectivity index (χ3n) is 3.34. The Kier molecular flexibility index (Phi) is 4.57. The SMILES string of the molecule is CCN(Cc1ccccc1C)S(=O)(=O)c1ccccc1. The smallest absolute Gasteiger partial charge is 0.207 e. The number of hydrogen-bond donors (Lipinski definition) is 0. The average Bonchev–Trinajstić information content (AvgIpc) is 2.47. The van der Waals surface area contributed by atoms with E-state index in [-0.39, 0.29) is 0 Å². The van der Waals surface area contributed by atoms with Gasteiger partial charge in [0.25, 0.3) is 0 Å². The highest BCUT2D eigenvalue weighted by molar-refractivity contribution is 7.89. The average molecular weight is 289 g/mol. The summed E-state index contributed by atoms with van der Waals surface area (Å²) in [6.07, 6.45) is 0. The molecule has 0 N–H and O–H groups in total. The largest absolute Gasteiger partial charge is 0.243 e. The normalized spacial score (nSPS) is 11.8. The minimum atomic E-state index is -3.43. The Morgan fingerprint density at radius 2 is 1.55 bits per heavy atom. The van der Waals surface area contributed by atoms with Crippen molar-refractivity contribution in [2.24, 2.45) is 0 Å². The number of aryl methyl sites for hydroxylation is 1. The molecule has 0 fully saturated rings. The highest BCUT2D eigenvalue weighted by Gasteiger charge is 2.23. The third-order valence-corrected chi connectivity index (χ3v) is 5.28. The van der Waals surface area contributed by atoms with E-state index in [1.807, 2.05) is 44.2 Å². The quantitative estimate of drug-likeness (QED) is 0.847. The van der Waals surface area contributed by atoms with Crippen LogP contribution < -0.4 is 0 Å². The molecule has 0 bridgehead atoms. The summed E-state index contributed by atoms with van der Waals surface area (Å²) in [5, 5.41) is 0. The number of nitrogens with zero attached hydrogens (tertiary/aromatic N) is 1. The summed E-state index contributed by atoms with van der Waals surface area (Å²) in [5.74, 6) is 0. The fraction of sp³-hybridized carbons (Fsp3) is 0.250. The summed E-state index contributed by atoms with van der Waals surface area (Å²) in [6.45, 7) is 4.71. The van der Waals surface area contributed by atoms with E-state index in [9.17, 15) is 8.42 Å². The van der Waals surface area contributed by atoms with Crippen LogP contribution in [0.3, 0.4) is 0 Å². The molecule has 0 aliphatic heterocycles. The first-order chi connectivity index (χ1) is 9.55. The van der Waals surface area contributed by atoms with Crippen LogP contribution in [0.15, 0.2) is 59.5 Å². The molecule has 0 heterocycles. The maximum absolute atomic E-state index is 12.6. The number of sulfonamides is 1. The second-order valence-electron chi connectivity index (χ2n) is 4.67. The van der Waals surface area contributed by atoms with Crippen LogP contribution in [0.5, 0.6) is 0 Å². The van der Waals surface area contributed by atoms with Crippen LogP contribution in [0.4, 0.5) is 0 Å². The topological polar surface area (TPSA) is 37.4 Å². The summed E-state index contributed by atoms with van der Waals surface area (Å²) in [6, 6.07) is 16.4. The van der Waals surface area contributed by atoms with Crippen molar-refractivity contribution in [3.8, 4) is 0 Å². The zero-order valence-electron chi connectivity index (χ0n) is 11.8. The van der Waals surface area contributed by atoms with Crippen molar-refractivity contribution >= 4 is 10.0 Å². The monoisotopic (exact) mass is 289 g/mol. The fourth-order valence-corrected chi connectivity index (χ4v) is 3.53. The molecule has 2 rings (SSSR count). The van der Waals surface area contributed by atoms with Crippen molar-refractivity contribution in [2.45, 2.75) is 25.3 Å². The van der Waals surface area contributed by atoms with Crippen molar-refractivity contribution in [3.05, 3.63) is 65.7 Å². The molecule has 0 atom stereocenters. The highest BCUT2D eigenvalue weighted by atomic mass is 32.2. The molecule has 0 unspecified atom stereocenters. The van der Waals surface area contributed by atoms with Gasteiger partial charge in [-0.1, -0.05) is 49.4 Å². The maximum Gasteiger partial charge on any atom is 0.243 e. The van der Waals surface area contributed by atoms with Crippen molar-refractivity contribution in [2.75, 3.05) is 6.54 Å². The minimum Gasteiger partial charge on any atom is -0.207 e. The lowest BCUT2D eigenvalue weighted by molar-refractivity contribution is 0.422. The van der Waals surface area contributed by atoms with Gasteiger partial charge in [0.1, 0.15) is 0 Å². The molecule has 0 aliphatic rings. The van der Waals surface area contributed by atoms with Gasteiger partial charge in [0.15, 0.2) is 0 Å².